The quantitative estimate of drug-likeness (QED) is 0.829. The number of hydrogen-bond donors (Lipinski definition) is 2. The Morgan fingerprint density at radius 2 is 1.83 bits per heavy atom. The van der Waals surface area contributed by atoms with Crippen LogP contribution in [-0.2, 0) is 9.84 Å². The molecule has 0 amide bonds. The molecule has 18 heavy (non-hydrogen) atoms. The van der Waals surface area contributed by atoms with Crippen molar-refractivity contribution in [3.63, 3.8) is 0 Å². The Morgan fingerprint density at radius 1 is 1.28 bits per heavy atom. The third-order valence-corrected chi connectivity index (χ3v) is 4.37. The number of aliphatic hydroxyl groups excluding tert-OH is 1. The maximum absolute atomic E-state index is 11.3. The molecule has 102 valence electrons. The SMILES string of the molecule is CCC(C)(CO)CNc1ccc(S(C)(=O)=O)cc1. The molecule has 0 saturated carbocycles. The smallest absolute Gasteiger partial charge is 0.175 e. The number of sulfone groups is 1. The molecule has 1 rings (SSSR count). The lowest BCUT2D eigenvalue weighted by atomic mass is 9.88. The molecular weight excluding hydrogens is 250 g/mol. The highest BCUT2D eigenvalue weighted by Crippen LogP contribution is 2.21. The molecule has 0 fully saturated rings. The highest BCUT2D eigenvalue weighted by atomic mass is 32.2. The van der Waals surface area contributed by atoms with Crippen molar-refractivity contribution in [2.24, 2.45) is 5.41 Å². The van der Waals surface area contributed by atoms with E-state index in [1.165, 1.54) is 6.26 Å². The molecule has 0 radical (unpaired) electrons. The van der Waals surface area contributed by atoms with Gasteiger partial charge >= 0.3 is 0 Å². The van der Waals surface area contributed by atoms with Crippen LogP contribution in [0, 0.1) is 5.41 Å². The molecule has 0 aliphatic rings. The lowest BCUT2D eigenvalue weighted by molar-refractivity contribution is 0.149. The van der Waals surface area contributed by atoms with Crippen molar-refractivity contribution in [3.8, 4) is 0 Å². The van der Waals surface area contributed by atoms with Gasteiger partial charge in [0, 0.05) is 23.9 Å². The lowest BCUT2D eigenvalue weighted by Crippen LogP contribution is -2.29. The summed E-state index contributed by atoms with van der Waals surface area (Å²) in [5, 5.41) is 12.5. The Balaban J connectivity index is 2.71. The second-order valence-corrected chi connectivity index (χ2v) is 6.99. The van der Waals surface area contributed by atoms with Crippen LogP contribution < -0.4 is 5.32 Å². The Morgan fingerprint density at radius 3 is 2.22 bits per heavy atom. The highest BCUT2D eigenvalue weighted by molar-refractivity contribution is 7.90. The van der Waals surface area contributed by atoms with Gasteiger partial charge in [-0.05, 0) is 30.7 Å². The van der Waals surface area contributed by atoms with Crippen LogP contribution in [0.4, 0.5) is 5.69 Å². The average Bonchev–Trinajstić information content (AvgIpc) is 2.35. The van der Waals surface area contributed by atoms with E-state index in [1.54, 1.807) is 24.3 Å². The van der Waals surface area contributed by atoms with E-state index < -0.39 is 9.84 Å². The van der Waals surface area contributed by atoms with Gasteiger partial charge in [0.05, 0.1) is 11.5 Å². The van der Waals surface area contributed by atoms with Crippen molar-refractivity contribution in [2.75, 3.05) is 24.7 Å². The molecule has 0 aliphatic heterocycles. The number of hydrogen-bond acceptors (Lipinski definition) is 4. The zero-order valence-electron chi connectivity index (χ0n) is 11.1. The molecule has 1 aromatic rings. The van der Waals surface area contributed by atoms with Crippen LogP contribution in [0.3, 0.4) is 0 Å². The fourth-order valence-electron chi connectivity index (χ4n) is 1.43. The predicted octanol–water partition coefficient (Wildman–Crippen LogP) is 1.91. The summed E-state index contributed by atoms with van der Waals surface area (Å²) in [7, 11) is -3.14. The van der Waals surface area contributed by atoms with Crippen molar-refractivity contribution < 1.29 is 13.5 Å². The van der Waals surface area contributed by atoms with Crippen LogP contribution in [0.5, 0.6) is 0 Å². The molecule has 0 aromatic heterocycles. The third-order valence-electron chi connectivity index (χ3n) is 3.24. The zero-order valence-corrected chi connectivity index (χ0v) is 11.9. The Labute approximate surface area is 109 Å². The summed E-state index contributed by atoms with van der Waals surface area (Å²) in [5.74, 6) is 0. The molecule has 1 aromatic carbocycles. The van der Waals surface area contributed by atoms with Crippen molar-refractivity contribution in [2.45, 2.75) is 25.2 Å². The number of benzene rings is 1. The topological polar surface area (TPSA) is 66.4 Å². The van der Waals surface area contributed by atoms with Gasteiger partial charge < -0.3 is 10.4 Å². The molecule has 0 heterocycles. The van der Waals surface area contributed by atoms with Gasteiger partial charge in [0.15, 0.2) is 9.84 Å². The fraction of sp³-hybridized carbons (Fsp3) is 0.538. The van der Waals surface area contributed by atoms with Crippen LogP contribution in [0.1, 0.15) is 20.3 Å². The standard InChI is InChI=1S/C13H21NO3S/c1-4-13(2,10-15)9-14-11-5-7-12(8-6-11)18(3,16)17/h5-8,14-15H,4,9-10H2,1-3H3. The van der Waals surface area contributed by atoms with E-state index in [1.807, 2.05) is 13.8 Å². The van der Waals surface area contributed by atoms with Gasteiger partial charge in [0.25, 0.3) is 0 Å². The number of anilines is 1. The molecule has 5 heteroatoms. The Kier molecular flexibility index (Phi) is 4.76. The maximum atomic E-state index is 11.3. The number of aliphatic hydroxyl groups is 1. The van der Waals surface area contributed by atoms with E-state index in [9.17, 15) is 13.5 Å². The first-order chi connectivity index (χ1) is 8.30. The molecular formula is C13H21NO3S. The summed E-state index contributed by atoms with van der Waals surface area (Å²) in [6.45, 7) is 4.81. The zero-order chi connectivity index (χ0) is 13.8. The van der Waals surface area contributed by atoms with Gasteiger partial charge in [-0.1, -0.05) is 13.8 Å². The van der Waals surface area contributed by atoms with Crippen LogP contribution >= 0.6 is 0 Å². The summed E-state index contributed by atoms with van der Waals surface area (Å²) < 4.78 is 22.6. The monoisotopic (exact) mass is 271 g/mol. The summed E-state index contributed by atoms with van der Waals surface area (Å²) in [5.41, 5.74) is 0.700. The number of nitrogens with one attached hydrogen (secondary N) is 1. The minimum Gasteiger partial charge on any atom is -0.396 e. The van der Waals surface area contributed by atoms with Gasteiger partial charge in [0.2, 0.25) is 0 Å². The second-order valence-electron chi connectivity index (χ2n) is 4.97. The lowest BCUT2D eigenvalue weighted by Gasteiger charge is -2.26. The molecule has 4 nitrogen and oxygen atoms in total. The van der Waals surface area contributed by atoms with Gasteiger partial charge in [0.1, 0.15) is 0 Å². The summed E-state index contributed by atoms with van der Waals surface area (Å²) in [6, 6.07) is 6.65. The van der Waals surface area contributed by atoms with E-state index in [2.05, 4.69) is 5.32 Å². The first-order valence-electron chi connectivity index (χ1n) is 5.95. The van der Waals surface area contributed by atoms with E-state index in [4.69, 9.17) is 0 Å². The summed E-state index contributed by atoms with van der Waals surface area (Å²) in [4.78, 5) is 0.313. The molecule has 0 aliphatic carbocycles. The summed E-state index contributed by atoms with van der Waals surface area (Å²) >= 11 is 0. The maximum Gasteiger partial charge on any atom is 0.175 e. The summed E-state index contributed by atoms with van der Waals surface area (Å²) in [6.07, 6.45) is 2.06. The predicted molar refractivity (Wildman–Crippen MR) is 73.5 cm³/mol. The van der Waals surface area contributed by atoms with E-state index >= 15 is 0 Å². The van der Waals surface area contributed by atoms with Crippen LogP contribution in [0.2, 0.25) is 0 Å². The molecule has 1 unspecified atom stereocenters. The fourth-order valence-corrected chi connectivity index (χ4v) is 2.06. The minimum absolute atomic E-state index is 0.123. The van der Waals surface area contributed by atoms with E-state index in [0.29, 0.717) is 11.4 Å². The van der Waals surface area contributed by atoms with E-state index in [-0.39, 0.29) is 12.0 Å². The van der Waals surface area contributed by atoms with Gasteiger partial charge in [-0.2, -0.15) is 0 Å². The molecule has 0 saturated heterocycles. The van der Waals surface area contributed by atoms with Crippen molar-refractivity contribution >= 4 is 15.5 Å². The normalized spacial score (nSPS) is 15.1. The Bertz CT molecular complexity index is 475. The first kappa shape index (κ1) is 15.0. The third kappa shape index (κ3) is 3.99. The first-order valence-corrected chi connectivity index (χ1v) is 7.85. The van der Waals surface area contributed by atoms with Gasteiger partial charge in [-0.25, -0.2) is 8.42 Å². The second kappa shape index (κ2) is 5.71. The van der Waals surface area contributed by atoms with Gasteiger partial charge in [-0.15, -0.1) is 0 Å². The number of rotatable bonds is 6. The largest absolute Gasteiger partial charge is 0.396 e. The van der Waals surface area contributed by atoms with Gasteiger partial charge in [-0.3, -0.25) is 0 Å². The van der Waals surface area contributed by atoms with Crippen molar-refractivity contribution in [3.05, 3.63) is 24.3 Å². The molecule has 0 spiro atoms. The molecule has 0 bridgehead atoms. The van der Waals surface area contributed by atoms with Crippen molar-refractivity contribution in [1.82, 2.24) is 0 Å². The molecule has 1 atom stereocenters. The molecule has 2 N–H and O–H groups in total. The average molecular weight is 271 g/mol. The van der Waals surface area contributed by atoms with Crippen LogP contribution in [0.25, 0.3) is 0 Å². The Hall–Kier alpha value is -1.07. The van der Waals surface area contributed by atoms with Crippen LogP contribution in [-0.4, -0.2) is 32.9 Å². The van der Waals surface area contributed by atoms with E-state index in [0.717, 1.165) is 12.1 Å². The minimum atomic E-state index is -3.14. The van der Waals surface area contributed by atoms with Crippen LogP contribution in [0.15, 0.2) is 29.2 Å². The van der Waals surface area contributed by atoms with Crippen molar-refractivity contribution in [1.29, 1.82) is 0 Å². The highest BCUT2D eigenvalue weighted by Gasteiger charge is 2.20.